The maximum Gasteiger partial charge on any atom is 0.323 e. The molecule has 0 saturated heterocycles. The van der Waals surface area contributed by atoms with E-state index >= 15 is 0 Å². The molecule has 0 unspecified atom stereocenters. The van der Waals surface area contributed by atoms with Crippen LogP contribution < -0.4 is 25.4 Å². The highest BCUT2D eigenvalue weighted by atomic mass is 127. The molecule has 3 N–H and O–H groups in total. The molecule has 0 atom stereocenters. The molecule has 0 aliphatic rings. The fourth-order valence-electron chi connectivity index (χ4n) is 3.10. The zero-order valence-electron chi connectivity index (χ0n) is 17.3. The number of aromatic nitrogens is 2. The van der Waals surface area contributed by atoms with Crippen molar-refractivity contribution in [2.45, 2.75) is 0 Å². The Morgan fingerprint density at radius 2 is 1.56 bits per heavy atom. The van der Waals surface area contributed by atoms with Crippen LogP contribution in [-0.2, 0) is 0 Å². The Kier molecular flexibility index (Phi) is 6.55. The molecule has 0 radical (unpaired) electrons. The third-order valence-electron chi connectivity index (χ3n) is 4.67. The van der Waals surface area contributed by atoms with E-state index in [0.29, 0.717) is 23.0 Å². The Bertz CT molecular complexity index is 1260. The summed E-state index contributed by atoms with van der Waals surface area (Å²) in [5, 5.41) is 9.75. The van der Waals surface area contributed by atoms with Crippen molar-refractivity contribution in [1.82, 2.24) is 9.97 Å². The maximum absolute atomic E-state index is 12.3. The summed E-state index contributed by atoms with van der Waals surface area (Å²) in [7, 11) is 3.17. The topological polar surface area (TPSA) is 97.4 Å². The van der Waals surface area contributed by atoms with Gasteiger partial charge in [-0.1, -0.05) is 12.1 Å². The largest absolute Gasteiger partial charge is 0.493 e. The first kappa shape index (κ1) is 21.6. The molecule has 0 saturated carbocycles. The number of hydrogen-bond acceptors (Lipinski definition) is 6. The normalized spacial score (nSPS) is 10.5. The van der Waals surface area contributed by atoms with Gasteiger partial charge in [0.15, 0.2) is 11.5 Å². The number of carbonyl (C=O) groups excluding carboxylic acids is 1. The quantitative estimate of drug-likeness (QED) is 0.274. The molecule has 2 amide bonds. The molecule has 4 aromatic rings. The number of halogens is 1. The van der Waals surface area contributed by atoms with Crippen molar-refractivity contribution >= 4 is 62.4 Å². The van der Waals surface area contributed by atoms with Crippen molar-refractivity contribution in [2.24, 2.45) is 0 Å². The van der Waals surface area contributed by atoms with E-state index in [4.69, 9.17) is 9.47 Å². The number of nitrogens with zero attached hydrogens (tertiary/aromatic N) is 2. The van der Waals surface area contributed by atoms with Crippen LogP contribution in [0.3, 0.4) is 0 Å². The lowest BCUT2D eigenvalue weighted by Gasteiger charge is -2.13. The van der Waals surface area contributed by atoms with E-state index in [1.54, 1.807) is 20.3 Å². The molecule has 0 bridgehead atoms. The van der Waals surface area contributed by atoms with Crippen LogP contribution in [0, 0.1) is 3.57 Å². The zero-order valence-corrected chi connectivity index (χ0v) is 19.5. The van der Waals surface area contributed by atoms with Gasteiger partial charge < -0.3 is 25.4 Å². The molecule has 4 rings (SSSR count). The smallest absolute Gasteiger partial charge is 0.323 e. The van der Waals surface area contributed by atoms with E-state index in [-0.39, 0.29) is 6.03 Å². The Hall–Kier alpha value is -3.60. The minimum Gasteiger partial charge on any atom is -0.493 e. The number of anilines is 4. The molecule has 32 heavy (non-hydrogen) atoms. The second-order valence-corrected chi connectivity index (χ2v) is 7.87. The van der Waals surface area contributed by atoms with Crippen LogP contribution in [0.2, 0.25) is 0 Å². The first-order valence-corrected chi connectivity index (χ1v) is 10.7. The molecule has 0 spiro atoms. The Labute approximate surface area is 198 Å². The summed E-state index contributed by atoms with van der Waals surface area (Å²) >= 11 is 2.18. The van der Waals surface area contributed by atoms with Crippen LogP contribution in [0.1, 0.15) is 0 Å². The van der Waals surface area contributed by atoms with Crippen molar-refractivity contribution in [1.29, 1.82) is 0 Å². The molecule has 1 heterocycles. The van der Waals surface area contributed by atoms with Crippen LogP contribution in [-0.4, -0.2) is 30.2 Å². The number of carbonyl (C=O) groups is 1. The number of hydrogen-bond donors (Lipinski definition) is 3. The van der Waals surface area contributed by atoms with Crippen LogP contribution in [0.4, 0.5) is 27.7 Å². The minimum atomic E-state index is -0.308. The number of ether oxygens (including phenoxy) is 2. The van der Waals surface area contributed by atoms with Gasteiger partial charge in [0.1, 0.15) is 12.1 Å². The van der Waals surface area contributed by atoms with Gasteiger partial charge >= 0.3 is 6.03 Å². The van der Waals surface area contributed by atoms with Crippen molar-refractivity contribution in [3.8, 4) is 11.5 Å². The minimum absolute atomic E-state index is 0.308. The van der Waals surface area contributed by atoms with Crippen molar-refractivity contribution in [2.75, 3.05) is 30.2 Å². The summed E-state index contributed by atoms with van der Waals surface area (Å²) in [6.07, 6.45) is 1.49. The lowest BCUT2D eigenvalue weighted by molar-refractivity contribution is 0.262. The molecule has 1 aromatic heterocycles. The predicted octanol–water partition coefficient (Wildman–Crippen LogP) is 5.64. The highest BCUT2D eigenvalue weighted by Crippen LogP contribution is 2.34. The van der Waals surface area contributed by atoms with E-state index in [2.05, 4.69) is 48.5 Å². The van der Waals surface area contributed by atoms with Crippen molar-refractivity contribution in [3.05, 3.63) is 70.6 Å². The van der Waals surface area contributed by atoms with Crippen molar-refractivity contribution < 1.29 is 14.3 Å². The molecule has 8 nitrogen and oxygen atoms in total. The lowest BCUT2D eigenvalue weighted by atomic mass is 10.2. The van der Waals surface area contributed by atoms with Crippen LogP contribution in [0.5, 0.6) is 11.5 Å². The molecule has 0 fully saturated rings. The number of benzene rings is 3. The SMILES string of the molecule is COc1cc2ncnc(Nc3ccc(NC(=O)Nc4ccccc4I)cc3)c2cc1OC. The Morgan fingerprint density at radius 3 is 2.28 bits per heavy atom. The second kappa shape index (κ2) is 9.69. The number of nitrogens with one attached hydrogen (secondary N) is 3. The summed E-state index contributed by atoms with van der Waals surface area (Å²) < 4.78 is 11.7. The van der Waals surface area contributed by atoms with Gasteiger partial charge in [0, 0.05) is 26.4 Å². The Morgan fingerprint density at radius 1 is 0.875 bits per heavy atom. The van der Waals surface area contributed by atoms with Gasteiger partial charge in [-0.15, -0.1) is 0 Å². The molecular weight excluding hydrogens is 521 g/mol. The zero-order chi connectivity index (χ0) is 22.5. The highest BCUT2D eigenvalue weighted by molar-refractivity contribution is 14.1. The predicted molar refractivity (Wildman–Crippen MR) is 134 cm³/mol. The number of para-hydroxylation sites is 1. The van der Waals surface area contributed by atoms with E-state index in [1.165, 1.54) is 6.33 Å². The molecule has 0 aliphatic carbocycles. The molecule has 9 heteroatoms. The van der Waals surface area contributed by atoms with E-state index in [9.17, 15) is 4.79 Å². The number of amides is 2. The summed E-state index contributed by atoms with van der Waals surface area (Å²) in [4.78, 5) is 21.0. The van der Waals surface area contributed by atoms with Gasteiger partial charge in [-0.2, -0.15) is 0 Å². The molecular formula is C23H20IN5O3. The summed E-state index contributed by atoms with van der Waals surface area (Å²) in [5.41, 5.74) is 2.96. The molecule has 0 aliphatic heterocycles. The number of rotatable bonds is 6. The summed E-state index contributed by atoms with van der Waals surface area (Å²) in [6.45, 7) is 0. The fourth-order valence-corrected chi connectivity index (χ4v) is 3.63. The summed E-state index contributed by atoms with van der Waals surface area (Å²) in [6, 6.07) is 18.2. The third-order valence-corrected chi connectivity index (χ3v) is 5.61. The van der Waals surface area contributed by atoms with Gasteiger partial charge in [-0.25, -0.2) is 14.8 Å². The first-order valence-electron chi connectivity index (χ1n) is 9.63. The second-order valence-electron chi connectivity index (χ2n) is 6.71. The van der Waals surface area contributed by atoms with E-state index in [1.807, 2.05) is 54.6 Å². The maximum atomic E-state index is 12.3. The van der Waals surface area contributed by atoms with E-state index in [0.717, 1.165) is 25.8 Å². The van der Waals surface area contributed by atoms with Crippen molar-refractivity contribution in [3.63, 3.8) is 0 Å². The van der Waals surface area contributed by atoms with Gasteiger partial charge in [0.05, 0.1) is 25.4 Å². The average molecular weight is 541 g/mol. The monoisotopic (exact) mass is 541 g/mol. The number of fused-ring (bicyclic) bond motifs is 1. The fraction of sp³-hybridized carbons (Fsp3) is 0.0870. The summed E-state index contributed by atoms with van der Waals surface area (Å²) in [5.74, 6) is 1.83. The highest BCUT2D eigenvalue weighted by Gasteiger charge is 2.11. The van der Waals surface area contributed by atoms with Gasteiger partial charge in [0.25, 0.3) is 0 Å². The van der Waals surface area contributed by atoms with Crippen LogP contribution in [0.25, 0.3) is 10.9 Å². The lowest BCUT2D eigenvalue weighted by Crippen LogP contribution is -2.19. The molecule has 162 valence electrons. The standard InChI is InChI=1S/C23H20IN5O3/c1-31-20-11-16-19(12-21(20)32-2)25-13-26-22(16)27-14-7-9-15(10-8-14)28-23(30)29-18-6-4-3-5-17(18)24/h3-13H,1-2H3,(H,25,26,27)(H2,28,29,30). The first-order chi connectivity index (χ1) is 15.6. The third kappa shape index (κ3) is 4.83. The van der Waals surface area contributed by atoms with Crippen LogP contribution in [0.15, 0.2) is 67.0 Å². The average Bonchev–Trinajstić information content (AvgIpc) is 2.81. The number of methoxy groups -OCH3 is 2. The van der Waals surface area contributed by atoms with Crippen LogP contribution >= 0.6 is 22.6 Å². The van der Waals surface area contributed by atoms with Gasteiger partial charge in [0.2, 0.25) is 0 Å². The number of urea groups is 1. The van der Waals surface area contributed by atoms with E-state index < -0.39 is 0 Å². The molecule has 3 aromatic carbocycles. The van der Waals surface area contributed by atoms with Gasteiger partial charge in [-0.05, 0) is 65.1 Å². The van der Waals surface area contributed by atoms with Gasteiger partial charge in [-0.3, -0.25) is 0 Å². The Balaban J connectivity index is 1.48.